The summed E-state index contributed by atoms with van der Waals surface area (Å²) >= 11 is 0. The third-order valence-corrected chi connectivity index (χ3v) is 3.11. The summed E-state index contributed by atoms with van der Waals surface area (Å²) in [6, 6.07) is 0. The Morgan fingerprint density at radius 1 is 1.37 bits per heavy atom. The van der Waals surface area contributed by atoms with Crippen molar-refractivity contribution in [2.75, 3.05) is 19.7 Å². The first-order valence-electron chi connectivity index (χ1n) is 6.62. The van der Waals surface area contributed by atoms with Crippen LogP contribution in [0.5, 0.6) is 0 Å². The lowest BCUT2D eigenvalue weighted by molar-refractivity contribution is -0.112. The standard InChI is InChI=1S/C13H24N2O4/c1-12(2,3)19-11(17)15-18-10-13(6-9-16)4-7-14-8-5-13/h9,14H,4-8,10H2,1-3H3,(H,15,17). The van der Waals surface area contributed by atoms with Gasteiger partial charge in [0.2, 0.25) is 0 Å². The minimum absolute atomic E-state index is 0.179. The van der Waals surface area contributed by atoms with Crippen LogP contribution < -0.4 is 10.8 Å². The normalized spacial score (nSPS) is 18.7. The van der Waals surface area contributed by atoms with Gasteiger partial charge in [0, 0.05) is 11.8 Å². The molecule has 1 fully saturated rings. The maximum atomic E-state index is 11.4. The molecule has 0 atom stereocenters. The van der Waals surface area contributed by atoms with Gasteiger partial charge in [-0.2, -0.15) is 5.48 Å². The maximum absolute atomic E-state index is 11.4. The Hall–Kier alpha value is -1.14. The van der Waals surface area contributed by atoms with Crippen molar-refractivity contribution in [1.82, 2.24) is 10.8 Å². The number of hydrogen-bond acceptors (Lipinski definition) is 5. The van der Waals surface area contributed by atoms with Gasteiger partial charge in [-0.3, -0.25) is 4.84 Å². The number of carbonyl (C=O) groups is 2. The van der Waals surface area contributed by atoms with Crippen molar-refractivity contribution in [2.24, 2.45) is 5.41 Å². The average Bonchev–Trinajstić information content (AvgIpc) is 2.28. The molecule has 0 unspecified atom stereocenters. The van der Waals surface area contributed by atoms with E-state index in [9.17, 15) is 9.59 Å². The summed E-state index contributed by atoms with van der Waals surface area (Å²) in [6.07, 6.45) is 2.48. The molecule has 1 heterocycles. The molecule has 6 heteroatoms. The van der Waals surface area contributed by atoms with Gasteiger partial charge in [-0.05, 0) is 46.7 Å². The molecule has 1 saturated heterocycles. The third-order valence-electron chi connectivity index (χ3n) is 3.11. The fraction of sp³-hybridized carbons (Fsp3) is 0.846. The summed E-state index contributed by atoms with van der Waals surface area (Å²) in [5, 5.41) is 3.24. The fourth-order valence-corrected chi connectivity index (χ4v) is 2.09. The van der Waals surface area contributed by atoms with Crippen LogP contribution in [0.2, 0.25) is 0 Å². The zero-order valence-electron chi connectivity index (χ0n) is 12.0. The summed E-state index contributed by atoms with van der Waals surface area (Å²) in [7, 11) is 0. The van der Waals surface area contributed by atoms with E-state index in [1.807, 2.05) is 0 Å². The van der Waals surface area contributed by atoms with Gasteiger partial charge in [0.05, 0.1) is 6.61 Å². The molecule has 0 bridgehead atoms. The van der Waals surface area contributed by atoms with Gasteiger partial charge in [0.25, 0.3) is 0 Å². The molecule has 0 radical (unpaired) electrons. The molecule has 1 amide bonds. The highest BCUT2D eigenvalue weighted by atomic mass is 16.7. The van der Waals surface area contributed by atoms with E-state index in [-0.39, 0.29) is 5.41 Å². The number of carbonyl (C=O) groups excluding carboxylic acids is 2. The van der Waals surface area contributed by atoms with E-state index in [1.165, 1.54) is 0 Å². The number of aldehydes is 1. The van der Waals surface area contributed by atoms with E-state index in [1.54, 1.807) is 20.8 Å². The lowest BCUT2D eigenvalue weighted by Crippen LogP contribution is -2.42. The second-order valence-corrected chi connectivity index (χ2v) is 6.01. The number of ether oxygens (including phenoxy) is 1. The maximum Gasteiger partial charge on any atom is 0.431 e. The third kappa shape index (κ3) is 6.02. The van der Waals surface area contributed by atoms with E-state index >= 15 is 0 Å². The molecular formula is C13H24N2O4. The first-order chi connectivity index (χ1) is 8.87. The minimum atomic E-state index is -0.609. The Balaban J connectivity index is 2.36. The van der Waals surface area contributed by atoms with Crippen molar-refractivity contribution in [3.63, 3.8) is 0 Å². The zero-order valence-corrected chi connectivity index (χ0v) is 12.0. The molecule has 1 aliphatic heterocycles. The SMILES string of the molecule is CC(C)(C)OC(=O)NOCC1(CC=O)CCNCC1. The number of amides is 1. The predicted molar refractivity (Wildman–Crippen MR) is 70.5 cm³/mol. The summed E-state index contributed by atoms with van der Waals surface area (Å²) < 4.78 is 5.06. The van der Waals surface area contributed by atoms with Crippen LogP contribution in [0, 0.1) is 5.41 Å². The highest BCUT2D eigenvalue weighted by molar-refractivity contribution is 5.66. The number of rotatable bonds is 5. The highest BCUT2D eigenvalue weighted by Crippen LogP contribution is 2.31. The van der Waals surface area contributed by atoms with Crippen molar-refractivity contribution in [1.29, 1.82) is 0 Å². The van der Waals surface area contributed by atoms with E-state index in [4.69, 9.17) is 9.57 Å². The Morgan fingerprint density at radius 3 is 2.53 bits per heavy atom. The zero-order chi connectivity index (χ0) is 14.4. The Bertz CT molecular complexity index is 306. The van der Waals surface area contributed by atoms with Crippen LogP contribution in [0.15, 0.2) is 0 Å². The van der Waals surface area contributed by atoms with E-state index in [2.05, 4.69) is 10.8 Å². The van der Waals surface area contributed by atoms with Crippen LogP contribution in [-0.2, 0) is 14.4 Å². The van der Waals surface area contributed by atoms with Gasteiger partial charge in [-0.1, -0.05) is 0 Å². The molecule has 0 aliphatic carbocycles. The Kier molecular flexibility index (Phi) is 5.75. The number of piperidine rings is 1. The van der Waals surface area contributed by atoms with E-state index < -0.39 is 11.7 Å². The van der Waals surface area contributed by atoms with Crippen LogP contribution in [0.3, 0.4) is 0 Å². The molecule has 0 aromatic rings. The lowest BCUT2D eigenvalue weighted by Gasteiger charge is -2.35. The molecule has 2 N–H and O–H groups in total. The highest BCUT2D eigenvalue weighted by Gasteiger charge is 2.32. The van der Waals surface area contributed by atoms with Crippen LogP contribution in [0.4, 0.5) is 4.79 Å². The number of hydrogen-bond donors (Lipinski definition) is 2. The average molecular weight is 272 g/mol. The van der Waals surface area contributed by atoms with Gasteiger partial charge in [-0.25, -0.2) is 4.79 Å². The van der Waals surface area contributed by atoms with Gasteiger partial charge >= 0.3 is 6.09 Å². The fourth-order valence-electron chi connectivity index (χ4n) is 2.09. The molecule has 0 aromatic carbocycles. The molecule has 0 spiro atoms. The van der Waals surface area contributed by atoms with E-state index in [0.717, 1.165) is 32.2 Å². The molecule has 110 valence electrons. The number of hydroxylamine groups is 1. The summed E-state index contributed by atoms with van der Waals surface area (Å²) in [6.45, 7) is 7.41. The summed E-state index contributed by atoms with van der Waals surface area (Å²) in [5.41, 5.74) is 1.54. The summed E-state index contributed by atoms with van der Waals surface area (Å²) in [5.74, 6) is 0. The topological polar surface area (TPSA) is 76.7 Å². The first-order valence-corrected chi connectivity index (χ1v) is 6.62. The molecule has 1 aliphatic rings. The van der Waals surface area contributed by atoms with Gasteiger partial charge in [-0.15, -0.1) is 0 Å². The van der Waals surface area contributed by atoms with Crippen LogP contribution >= 0.6 is 0 Å². The van der Waals surface area contributed by atoms with Crippen molar-refractivity contribution in [2.45, 2.75) is 45.6 Å². The molecule has 1 rings (SSSR count). The minimum Gasteiger partial charge on any atom is -0.442 e. The quantitative estimate of drug-likeness (QED) is 0.584. The van der Waals surface area contributed by atoms with Gasteiger partial charge in [0.15, 0.2) is 0 Å². The molecule has 19 heavy (non-hydrogen) atoms. The van der Waals surface area contributed by atoms with Crippen molar-refractivity contribution < 1.29 is 19.2 Å². The second-order valence-electron chi connectivity index (χ2n) is 6.01. The summed E-state index contributed by atoms with van der Waals surface area (Å²) in [4.78, 5) is 27.4. The predicted octanol–water partition coefficient (Wildman–Crippen LogP) is 1.40. The lowest BCUT2D eigenvalue weighted by atomic mass is 9.77. The van der Waals surface area contributed by atoms with Crippen molar-refractivity contribution in [3.8, 4) is 0 Å². The monoisotopic (exact) mass is 272 g/mol. The molecular weight excluding hydrogens is 248 g/mol. The molecule has 0 saturated carbocycles. The second kappa shape index (κ2) is 6.86. The Labute approximate surface area is 114 Å². The van der Waals surface area contributed by atoms with Gasteiger partial charge in [0.1, 0.15) is 11.9 Å². The van der Waals surface area contributed by atoms with Crippen LogP contribution in [0.25, 0.3) is 0 Å². The van der Waals surface area contributed by atoms with Crippen LogP contribution in [0.1, 0.15) is 40.0 Å². The Morgan fingerprint density at radius 2 is 2.00 bits per heavy atom. The largest absolute Gasteiger partial charge is 0.442 e. The first kappa shape index (κ1) is 15.9. The van der Waals surface area contributed by atoms with Crippen molar-refractivity contribution >= 4 is 12.4 Å². The smallest absolute Gasteiger partial charge is 0.431 e. The van der Waals surface area contributed by atoms with Crippen molar-refractivity contribution in [3.05, 3.63) is 0 Å². The van der Waals surface area contributed by atoms with Gasteiger partial charge < -0.3 is 14.8 Å². The number of nitrogens with one attached hydrogen (secondary N) is 2. The molecule has 0 aromatic heterocycles. The molecule has 6 nitrogen and oxygen atoms in total. The van der Waals surface area contributed by atoms with E-state index in [0.29, 0.717) is 13.0 Å². The van der Waals surface area contributed by atoms with Crippen LogP contribution in [-0.4, -0.2) is 37.7 Å².